The number of hydrogen-bond donors (Lipinski definition) is 4. The number of ether oxygens (including phenoxy) is 1. The second kappa shape index (κ2) is 10.6. The third kappa shape index (κ3) is 5.64. The number of nitrogens with one attached hydrogen (secondary N) is 3. The van der Waals surface area contributed by atoms with Crippen LogP contribution in [0, 0.1) is 5.82 Å². The third-order valence-electron chi connectivity index (χ3n) is 5.37. The van der Waals surface area contributed by atoms with E-state index < -0.39 is 30.0 Å². The Balaban J connectivity index is 1.50. The first-order valence-corrected chi connectivity index (χ1v) is 11.3. The summed E-state index contributed by atoms with van der Waals surface area (Å²) in [5.41, 5.74) is 7.34. The van der Waals surface area contributed by atoms with Crippen molar-refractivity contribution < 1.29 is 18.3 Å². The first kappa shape index (κ1) is 24.3. The average molecular weight is 511 g/mol. The van der Waals surface area contributed by atoms with E-state index in [2.05, 4.69) is 25.6 Å². The molecule has 1 fully saturated rings. The van der Waals surface area contributed by atoms with Gasteiger partial charge in [0, 0.05) is 29.9 Å². The molecule has 4 rings (SSSR count). The molecular formula is C22H22Cl2F2N6O2. The van der Waals surface area contributed by atoms with Gasteiger partial charge in [0.25, 0.3) is 5.91 Å². The number of aromatic amines is 1. The van der Waals surface area contributed by atoms with Crippen molar-refractivity contribution in [3.63, 3.8) is 0 Å². The van der Waals surface area contributed by atoms with Crippen molar-refractivity contribution in [3.8, 4) is 11.3 Å². The second-order valence-electron chi connectivity index (χ2n) is 7.79. The number of H-pyrrole nitrogens is 1. The molecule has 34 heavy (non-hydrogen) atoms. The molecule has 0 unspecified atom stereocenters. The Morgan fingerprint density at radius 3 is 2.88 bits per heavy atom. The highest BCUT2D eigenvalue weighted by Crippen LogP contribution is 2.28. The molecule has 1 saturated heterocycles. The predicted octanol–water partition coefficient (Wildman–Crippen LogP) is 3.89. The fourth-order valence-corrected chi connectivity index (χ4v) is 4.05. The number of benzene rings is 1. The van der Waals surface area contributed by atoms with E-state index in [4.69, 9.17) is 33.7 Å². The minimum atomic E-state index is -1.18. The summed E-state index contributed by atoms with van der Waals surface area (Å²) in [6, 6.07) is 4.41. The Bertz CT molecular complexity index is 1160. The van der Waals surface area contributed by atoms with Gasteiger partial charge >= 0.3 is 0 Å². The van der Waals surface area contributed by atoms with Gasteiger partial charge in [0.1, 0.15) is 17.7 Å². The Morgan fingerprint density at radius 2 is 2.15 bits per heavy atom. The lowest BCUT2D eigenvalue weighted by Gasteiger charge is -2.26. The van der Waals surface area contributed by atoms with Crippen molar-refractivity contribution >= 4 is 35.1 Å². The molecule has 1 aliphatic heterocycles. The van der Waals surface area contributed by atoms with Crippen LogP contribution in [0.25, 0.3) is 11.3 Å². The number of anilines is 1. The Labute approximate surface area is 204 Å². The maximum atomic E-state index is 14.1. The summed E-state index contributed by atoms with van der Waals surface area (Å²) in [6.45, 7) is 0.494. The molecule has 0 bridgehead atoms. The Kier molecular flexibility index (Phi) is 7.62. The van der Waals surface area contributed by atoms with E-state index in [1.807, 2.05) is 0 Å². The zero-order valence-corrected chi connectivity index (χ0v) is 19.3. The van der Waals surface area contributed by atoms with Crippen LogP contribution in [-0.4, -0.2) is 52.8 Å². The topological polar surface area (TPSA) is 118 Å². The van der Waals surface area contributed by atoms with Crippen LogP contribution in [0.4, 0.5) is 14.7 Å². The second-order valence-corrected chi connectivity index (χ2v) is 8.63. The molecule has 180 valence electrons. The number of nitrogens with zero attached hydrogens (tertiary/aromatic N) is 2. The lowest BCUT2D eigenvalue weighted by atomic mass is 10.1. The normalized spacial score (nSPS) is 19.0. The minimum absolute atomic E-state index is 0.0139. The molecule has 2 aromatic heterocycles. The van der Waals surface area contributed by atoms with Gasteiger partial charge in [-0.2, -0.15) is 0 Å². The predicted molar refractivity (Wildman–Crippen MR) is 125 cm³/mol. The maximum Gasteiger partial charge on any atom is 0.268 e. The summed E-state index contributed by atoms with van der Waals surface area (Å²) in [4.78, 5) is 24.2. The molecule has 3 aromatic rings. The molecule has 1 amide bonds. The van der Waals surface area contributed by atoms with E-state index >= 15 is 0 Å². The fourth-order valence-electron chi connectivity index (χ4n) is 3.62. The number of amides is 1. The van der Waals surface area contributed by atoms with Crippen molar-refractivity contribution in [1.82, 2.24) is 20.3 Å². The largest absolute Gasteiger partial charge is 0.378 e. The summed E-state index contributed by atoms with van der Waals surface area (Å²) < 4.78 is 32.9. The SMILES string of the molecule is NC[C@@H](NC(=O)c1cc(-c2nc(N[C@H]3CCOC[C@H]3F)ncc2Cl)c[nH]1)c1cc(F)cc(Cl)c1. The minimum Gasteiger partial charge on any atom is -0.378 e. The number of rotatable bonds is 7. The van der Waals surface area contributed by atoms with Gasteiger partial charge in [-0.3, -0.25) is 4.79 Å². The molecule has 5 N–H and O–H groups in total. The molecule has 8 nitrogen and oxygen atoms in total. The highest BCUT2D eigenvalue weighted by molar-refractivity contribution is 6.33. The van der Waals surface area contributed by atoms with Crippen LogP contribution in [0.15, 0.2) is 36.7 Å². The van der Waals surface area contributed by atoms with E-state index in [1.54, 1.807) is 12.3 Å². The van der Waals surface area contributed by atoms with Gasteiger partial charge in [0.05, 0.1) is 35.6 Å². The summed E-state index contributed by atoms with van der Waals surface area (Å²) in [6.07, 6.45) is 2.28. The maximum absolute atomic E-state index is 14.1. The van der Waals surface area contributed by atoms with Crippen LogP contribution >= 0.6 is 23.2 Å². The van der Waals surface area contributed by atoms with Crippen molar-refractivity contribution in [1.29, 1.82) is 0 Å². The van der Waals surface area contributed by atoms with Crippen LogP contribution in [0.3, 0.4) is 0 Å². The van der Waals surface area contributed by atoms with E-state index in [-0.39, 0.29) is 34.8 Å². The first-order chi connectivity index (χ1) is 16.3. The van der Waals surface area contributed by atoms with Crippen molar-refractivity contribution in [2.24, 2.45) is 5.73 Å². The van der Waals surface area contributed by atoms with Gasteiger partial charge in [-0.15, -0.1) is 0 Å². The standard InChI is InChI=1S/C22H22Cl2F2N6O2/c23-13-3-11(4-14(25)6-13)19(7-27)30-21(33)18-5-12(8-28-18)20-15(24)9-29-22(32-20)31-17-1-2-34-10-16(17)26/h3-6,8-9,16-17,19,28H,1-2,7,10,27H2,(H,30,33)(H,29,31,32)/t16-,17+,19-/m1/s1. The third-order valence-corrected chi connectivity index (χ3v) is 5.87. The van der Waals surface area contributed by atoms with E-state index in [0.29, 0.717) is 29.8 Å². The lowest BCUT2D eigenvalue weighted by Crippen LogP contribution is -2.39. The molecular weight excluding hydrogens is 489 g/mol. The van der Waals surface area contributed by atoms with Gasteiger partial charge in [-0.05, 0) is 36.2 Å². The van der Waals surface area contributed by atoms with Crippen LogP contribution in [0.1, 0.15) is 28.5 Å². The van der Waals surface area contributed by atoms with Crippen molar-refractivity contribution in [2.45, 2.75) is 24.7 Å². The van der Waals surface area contributed by atoms with Crippen LogP contribution < -0.4 is 16.4 Å². The number of alkyl halides is 1. The average Bonchev–Trinajstić information content (AvgIpc) is 3.29. The van der Waals surface area contributed by atoms with E-state index in [0.717, 1.165) is 0 Å². The summed E-state index contributed by atoms with van der Waals surface area (Å²) in [5.74, 6) is -0.777. The van der Waals surface area contributed by atoms with Crippen molar-refractivity contribution in [3.05, 3.63) is 63.8 Å². The smallest absolute Gasteiger partial charge is 0.268 e. The Hall–Kier alpha value is -2.79. The monoisotopic (exact) mass is 510 g/mol. The first-order valence-electron chi connectivity index (χ1n) is 10.5. The van der Waals surface area contributed by atoms with Crippen LogP contribution in [-0.2, 0) is 4.74 Å². The number of aromatic nitrogens is 3. The zero-order chi connectivity index (χ0) is 24.2. The molecule has 12 heteroatoms. The number of nitrogens with two attached hydrogens (primary N) is 1. The van der Waals surface area contributed by atoms with Crippen molar-refractivity contribution in [2.75, 3.05) is 25.1 Å². The lowest BCUT2D eigenvalue weighted by molar-refractivity contribution is 0.0284. The molecule has 0 saturated carbocycles. The zero-order valence-electron chi connectivity index (χ0n) is 17.8. The van der Waals surface area contributed by atoms with Gasteiger partial charge < -0.3 is 26.1 Å². The van der Waals surface area contributed by atoms with Gasteiger partial charge in [-0.1, -0.05) is 23.2 Å². The molecule has 3 heterocycles. The van der Waals surface area contributed by atoms with E-state index in [1.165, 1.54) is 24.4 Å². The van der Waals surface area contributed by atoms with Crippen LogP contribution in [0.2, 0.25) is 10.0 Å². The molecule has 0 aliphatic carbocycles. The Morgan fingerprint density at radius 1 is 1.32 bits per heavy atom. The molecule has 3 atom stereocenters. The number of carbonyl (C=O) groups excluding carboxylic acids is 1. The number of hydrogen-bond acceptors (Lipinski definition) is 6. The highest BCUT2D eigenvalue weighted by Gasteiger charge is 2.26. The molecule has 1 aromatic carbocycles. The summed E-state index contributed by atoms with van der Waals surface area (Å²) in [5, 5.41) is 6.19. The molecule has 0 radical (unpaired) electrons. The number of carbonyl (C=O) groups is 1. The molecule has 0 spiro atoms. The van der Waals surface area contributed by atoms with Crippen LogP contribution in [0.5, 0.6) is 0 Å². The van der Waals surface area contributed by atoms with E-state index in [9.17, 15) is 13.6 Å². The van der Waals surface area contributed by atoms with Gasteiger partial charge in [0.15, 0.2) is 0 Å². The van der Waals surface area contributed by atoms with Gasteiger partial charge in [0.2, 0.25) is 5.95 Å². The summed E-state index contributed by atoms with van der Waals surface area (Å²) in [7, 11) is 0. The number of halogens is 4. The quantitative estimate of drug-likeness (QED) is 0.383. The van der Waals surface area contributed by atoms with Gasteiger partial charge in [-0.25, -0.2) is 18.7 Å². The fraction of sp³-hybridized carbons (Fsp3) is 0.318. The molecule has 1 aliphatic rings. The summed E-state index contributed by atoms with van der Waals surface area (Å²) >= 11 is 12.2. The highest BCUT2D eigenvalue weighted by atomic mass is 35.5.